The number of piperazine rings is 1. The molecule has 1 saturated heterocycles. The first-order valence-electron chi connectivity index (χ1n) is 6.87. The average Bonchev–Trinajstić information content (AvgIpc) is 2.97. The summed E-state index contributed by atoms with van der Waals surface area (Å²) in [5.41, 5.74) is 2.05. The molecule has 3 rings (SSSR count). The lowest BCUT2D eigenvalue weighted by molar-refractivity contribution is 0.0688. The number of nitrogens with zero attached hydrogens (tertiary/aromatic N) is 4. The van der Waals surface area contributed by atoms with E-state index in [1.807, 2.05) is 12.3 Å². The molecule has 110 valence electrons. The third kappa shape index (κ3) is 3.03. The monoisotopic (exact) mass is 287 g/mol. The number of aromatic carboxylic acids is 1. The highest BCUT2D eigenvalue weighted by atomic mass is 16.4. The van der Waals surface area contributed by atoms with Crippen molar-refractivity contribution in [3.63, 3.8) is 0 Å². The number of H-pyrrole nitrogens is 1. The number of hydrogen-bond acceptors (Lipinski definition) is 5. The maximum Gasteiger partial charge on any atom is 0.354 e. The zero-order valence-corrected chi connectivity index (χ0v) is 11.6. The Labute approximate surface area is 122 Å². The van der Waals surface area contributed by atoms with Crippen molar-refractivity contribution in [2.24, 2.45) is 0 Å². The first-order valence-corrected chi connectivity index (χ1v) is 6.87. The van der Waals surface area contributed by atoms with Crippen molar-refractivity contribution in [1.82, 2.24) is 20.1 Å². The van der Waals surface area contributed by atoms with E-state index >= 15 is 0 Å². The summed E-state index contributed by atoms with van der Waals surface area (Å²) >= 11 is 0. The summed E-state index contributed by atoms with van der Waals surface area (Å²) in [6, 6.07) is 3.99. The summed E-state index contributed by atoms with van der Waals surface area (Å²) in [7, 11) is 0. The van der Waals surface area contributed by atoms with Gasteiger partial charge in [-0.05, 0) is 12.1 Å². The van der Waals surface area contributed by atoms with Crippen LogP contribution in [0.2, 0.25) is 0 Å². The van der Waals surface area contributed by atoms with Crippen molar-refractivity contribution < 1.29 is 9.90 Å². The highest BCUT2D eigenvalue weighted by molar-refractivity contribution is 5.86. The summed E-state index contributed by atoms with van der Waals surface area (Å²) in [6.45, 7) is 4.20. The molecule has 0 saturated carbocycles. The average molecular weight is 287 g/mol. The predicted octanol–water partition coefficient (Wildman–Crippen LogP) is 0.825. The summed E-state index contributed by atoms with van der Waals surface area (Å²) in [6.07, 6.45) is 5.23. The third-order valence-electron chi connectivity index (χ3n) is 3.71. The van der Waals surface area contributed by atoms with Gasteiger partial charge in [-0.1, -0.05) is 0 Å². The van der Waals surface area contributed by atoms with E-state index in [1.54, 1.807) is 12.4 Å². The van der Waals surface area contributed by atoms with Gasteiger partial charge < -0.3 is 10.0 Å². The minimum atomic E-state index is -0.962. The molecule has 3 heterocycles. The van der Waals surface area contributed by atoms with Crippen LogP contribution >= 0.6 is 0 Å². The van der Waals surface area contributed by atoms with Gasteiger partial charge in [0.05, 0.1) is 18.1 Å². The second-order valence-corrected chi connectivity index (χ2v) is 5.05. The van der Waals surface area contributed by atoms with Crippen molar-refractivity contribution in [1.29, 1.82) is 0 Å². The smallest absolute Gasteiger partial charge is 0.354 e. The zero-order valence-electron chi connectivity index (χ0n) is 11.6. The van der Waals surface area contributed by atoms with E-state index in [2.05, 4.69) is 31.0 Å². The van der Waals surface area contributed by atoms with E-state index in [0.717, 1.165) is 37.4 Å². The molecule has 2 aromatic rings. The Morgan fingerprint density at radius 1 is 1.29 bits per heavy atom. The SMILES string of the molecule is O=C(O)c1[nH]ncc1CN1CCN(c2cccnc2)CC1. The predicted molar refractivity (Wildman–Crippen MR) is 77.3 cm³/mol. The summed E-state index contributed by atoms with van der Waals surface area (Å²) in [5, 5.41) is 15.4. The Hall–Kier alpha value is -2.41. The number of carboxylic acid groups (broad SMARTS) is 1. The van der Waals surface area contributed by atoms with Crippen LogP contribution in [0.25, 0.3) is 0 Å². The van der Waals surface area contributed by atoms with E-state index in [-0.39, 0.29) is 5.69 Å². The molecule has 1 aliphatic rings. The van der Waals surface area contributed by atoms with Crippen molar-refractivity contribution in [3.8, 4) is 0 Å². The van der Waals surface area contributed by atoms with Crippen LogP contribution < -0.4 is 4.90 Å². The molecule has 1 fully saturated rings. The molecular weight excluding hydrogens is 270 g/mol. The van der Waals surface area contributed by atoms with Crippen molar-refractivity contribution in [3.05, 3.63) is 42.0 Å². The Morgan fingerprint density at radius 2 is 2.10 bits per heavy atom. The first kappa shape index (κ1) is 13.6. The molecule has 0 radical (unpaired) electrons. The highest BCUT2D eigenvalue weighted by Crippen LogP contribution is 2.16. The number of carboxylic acids is 1. The quantitative estimate of drug-likeness (QED) is 0.866. The molecule has 21 heavy (non-hydrogen) atoms. The lowest BCUT2D eigenvalue weighted by Crippen LogP contribution is -2.46. The van der Waals surface area contributed by atoms with Gasteiger partial charge >= 0.3 is 5.97 Å². The molecule has 1 aliphatic heterocycles. The van der Waals surface area contributed by atoms with Gasteiger partial charge in [0, 0.05) is 44.5 Å². The Kier molecular flexibility index (Phi) is 3.83. The van der Waals surface area contributed by atoms with Gasteiger partial charge in [-0.2, -0.15) is 5.10 Å². The molecule has 2 aromatic heterocycles. The Balaban J connectivity index is 1.59. The number of anilines is 1. The van der Waals surface area contributed by atoms with Crippen LogP contribution in [0.4, 0.5) is 5.69 Å². The van der Waals surface area contributed by atoms with Gasteiger partial charge in [-0.15, -0.1) is 0 Å². The fourth-order valence-corrected chi connectivity index (χ4v) is 2.56. The largest absolute Gasteiger partial charge is 0.477 e. The lowest BCUT2D eigenvalue weighted by atomic mass is 10.2. The maximum atomic E-state index is 11.1. The molecule has 0 aromatic carbocycles. The van der Waals surface area contributed by atoms with E-state index in [0.29, 0.717) is 6.54 Å². The van der Waals surface area contributed by atoms with E-state index in [1.165, 1.54) is 0 Å². The summed E-state index contributed by atoms with van der Waals surface area (Å²) in [5.74, 6) is -0.962. The van der Waals surface area contributed by atoms with Crippen molar-refractivity contribution in [2.45, 2.75) is 6.54 Å². The number of aromatic amines is 1. The normalized spacial score (nSPS) is 16.1. The number of carbonyl (C=O) groups is 1. The Morgan fingerprint density at radius 3 is 2.76 bits per heavy atom. The maximum absolute atomic E-state index is 11.1. The minimum absolute atomic E-state index is 0.185. The number of rotatable bonds is 4. The molecule has 2 N–H and O–H groups in total. The molecule has 7 heteroatoms. The number of pyridine rings is 1. The Bertz CT molecular complexity index is 605. The molecule has 7 nitrogen and oxygen atoms in total. The van der Waals surface area contributed by atoms with E-state index in [4.69, 9.17) is 5.11 Å². The third-order valence-corrected chi connectivity index (χ3v) is 3.71. The van der Waals surface area contributed by atoms with Gasteiger partial charge in [0.25, 0.3) is 0 Å². The first-order chi connectivity index (χ1) is 10.2. The van der Waals surface area contributed by atoms with Gasteiger partial charge in [0.2, 0.25) is 0 Å². The summed E-state index contributed by atoms with van der Waals surface area (Å²) in [4.78, 5) is 19.7. The van der Waals surface area contributed by atoms with Gasteiger partial charge in [-0.3, -0.25) is 15.0 Å². The molecule has 0 unspecified atom stereocenters. The van der Waals surface area contributed by atoms with Crippen LogP contribution in [0.15, 0.2) is 30.7 Å². The van der Waals surface area contributed by atoms with Crippen LogP contribution in [0.3, 0.4) is 0 Å². The van der Waals surface area contributed by atoms with Crippen LogP contribution in [-0.4, -0.2) is 57.3 Å². The highest BCUT2D eigenvalue weighted by Gasteiger charge is 2.20. The minimum Gasteiger partial charge on any atom is -0.477 e. The molecule has 0 atom stereocenters. The second kappa shape index (κ2) is 5.92. The van der Waals surface area contributed by atoms with E-state index < -0.39 is 5.97 Å². The topological polar surface area (TPSA) is 85.3 Å². The zero-order chi connectivity index (χ0) is 14.7. The fourth-order valence-electron chi connectivity index (χ4n) is 2.56. The van der Waals surface area contributed by atoms with Crippen LogP contribution in [0, 0.1) is 0 Å². The van der Waals surface area contributed by atoms with Crippen LogP contribution in [-0.2, 0) is 6.54 Å². The van der Waals surface area contributed by atoms with Crippen molar-refractivity contribution in [2.75, 3.05) is 31.1 Å². The number of hydrogen-bond donors (Lipinski definition) is 2. The number of aromatic nitrogens is 3. The van der Waals surface area contributed by atoms with Crippen LogP contribution in [0.1, 0.15) is 16.1 Å². The van der Waals surface area contributed by atoms with Crippen LogP contribution in [0.5, 0.6) is 0 Å². The fraction of sp³-hybridized carbons (Fsp3) is 0.357. The lowest BCUT2D eigenvalue weighted by Gasteiger charge is -2.35. The van der Waals surface area contributed by atoms with Crippen molar-refractivity contribution >= 4 is 11.7 Å². The number of nitrogens with one attached hydrogen (secondary N) is 1. The van der Waals surface area contributed by atoms with Gasteiger partial charge in [-0.25, -0.2) is 4.79 Å². The standard InChI is InChI=1S/C14H17N5O2/c20-14(21)13-11(8-16-17-13)10-18-4-6-19(7-5-18)12-2-1-3-15-9-12/h1-3,8-9H,4-7,10H2,(H,16,17)(H,20,21). The summed E-state index contributed by atoms with van der Waals surface area (Å²) < 4.78 is 0. The molecule has 0 bridgehead atoms. The molecule has 0 aliphatic carbocycles. The van der Waals surface area contributed by atoms with Gasteiger partial charge in [0.1, 0.15) is 5.69 Å². The molecular formula is C14H17N5O2. The second-order valence-electron chi connectivity index (χ2n) is 5.05. The molecule has 0 spiro atoms. The molecule has 0 amide bonds. The van der Waals surface area contributed by atoms with E-state index in [9.17, 15) is 4.79 Å². The van der Waals surface area contributed by atoms with Gasteiger partial charge in [0.15, 0.2) is 0 Å².